The molecule has 39 heavy (non-hydrogen) atoms. The first-order chi connectivity index (χ1) is 18.0. The molecule has 3 rings (SSSR count). The van der Waals surface area contributed by atoms with E-state index >= 15 is 0 Å². The van der Waals surface area contributed by atoms with Crippen LogP contribution < -0.4 is 0 Å². The lowest BCUT2D eigenvalue weighted by molar-refractivity contribution is 0.0539. The average Bonchev–Trinajstić information content (AvgIpc) is 3.06. The van der Waals surface area contributed by atoms with E-state index in [9.17, 15) is 4.79 Å². The largest absolute Gasteiger partial charge is 0.546 e. The number of fused-ring (bicyclic) bond motifs is 3. The molecule has 1 aliphatic rings. The van der Waals surface area contributed by atoms with Crippen LogP contribution in [-0.2, 0) is 21.0 Å². The number of ether oxygens (including phenoxy) is 1. The van der Waals surface area contributed by atoms with Gasteiger partial charge < -0.3 is 9.16 Å². The Hall–Kier alpha value is -2.27. The van der Waals surface area contributed by atoms with E-state index in [0.29, 0.717) is 16.6 Å². The van der Waals surface area contributed by atoms with E-state index < -0.39 is 13.9 Å². The Kier molecular flexibility index (Phi) is 9.36. The van der Waals surface area contributed by atoms with Crippen molar-refractivity contribution >= 4 is 25.3 Å². The highest BCUT2D eigenvalue weighted by Gasteiger charge is 2.48. The molecular weight excluding hydrogens is 498 g/mol. The van der Waals surface area contributed by atoms with Gasteiger partial charge in [-0.25, -0.2) is 9.36 Å². The van der Waals surface area contributed by atoms with Crippen molar-refractivity contribution in [2.24, 2.45) is 0 Å². The molecule has 0 bridgehead atoms. The Balaban J connectivity index is 2.26. The SMILES string of the molecule is CC(C)=CCCC1(C)C=C(O[Si](C(C)C)(C(C)C)C(C)C)CCc2c1c1ccccc1n2C(=O)OC(C)(C)C. The van der Waals surface area contributed by atoms with Crippen LogP contribution in [0.25, 0.3) is 10.9 Å². The molecule has 0 saturated heterocycles. The van der Waals surface area contributed by atoms with Gasteiger partial charge in [0.05, 0.1) is 11.3 Å². The predicted octanol–water partition coefficient (Wildman–Crippen LogP) is 10.5. The van der Waals surface area contributed by atoms with Crippen LogP contribution in [0.5, 0.6) is 0 Å². The topological polar surface area (TPSA) is 40.5 Å². The van der Waals surface area contributed by atoms with E-state index in [4.69, 9.17) is 9.16 Å². The van der Waals surface area contributed by atoms with Gasteiger partial charge in [-0.05, 0) is 88.2 Å². The minimum Gasteiger partial charge on any atom is -0.546 e. The van der Waals surface area contributed by atoms with E-state index in [-0.39, 0.29) is 11.5 Å². The second-order valence-corrected chi connectivity index (χ2v) is 19.3. The monoisotopic (exact) mass is 551 g/mol. The first-order valence-electron chi connectivity index (χ1n) is 14.9. The van der Waals surface area contributed by atoms with Gasteiger partial charge in [0.1, 0.15) is 5.60 Å². The van der Waals surface area contributed by atoms with Gasteiger partial charge in [0, 0.05) is 22.9 Å². The minimum absolute atomic E-state index is 0.287. The lowest BCUT2D eigenvalue weighted by atomic mass is 9.77. The smallest absolute Gasteiger partial charge is 0.419 e. The molecule has 1 atom stereocenters. The molecule has 4 nitrogen and oxygen atoms in total. The summed E-state index contributed by atoms with van der Waals surface area (Å²) in [5.74, 6) is 1.11. The van der Waals surface area contributed by atoms with E-state index in [0.717, 1.165) is 48.0 Å². The zero-order valence-corrected chi connectivity index (χ0v) is 27.7. The van der Waals surface area contributed by atoms with E-state index in [1.54, 1.807) is 0 Å². The number of hydrogen-bond acceptors (Lipinski definition) is 3. The number of rotatable bonds is 8. The summed E-state index contributed by atoms with van der Waals surface area (Å²) in [7, 11) is -2.13. The van der Waals surface area contributed by atoms with Gasteiger partial charge in [-0.1, -0.05) is 78.3 Å². The second-order valence-electron chi connectivity index (χ2n) is 13.9. The fourth-order valence-electron chi connectivity index (χ4n) is 6.94. The van der Waals surface area contributed by atoms with Gasteiger partial charge in [0.2, 0.25) is 0 Å². The minimum atomic E-state index is -2.13. The van der Waals surface area contributed by atoms with Crippen LogP contribution in [0.1, 0.15) is 114 Å². The van der Waals surface area contributed by atoms with Crippen LogP contribution in [0.2, 0.25) is 16.6 Å². The summed E-state index contributed by atoms with van der Waals surface area (Å²) in [6.07, 6.45) is 7.89. The molecule has 5 heteroatoms. The number of carbonyl (C=O) groups excluding carboxylic acids is 1. The Morgan fingerprint density at radius 2 is 1.62 bits per heavy atom. The molecule has 2 aromatic rings. The van der Waals surface area contributed by atoms with Gasteiger partial charge in [-0.15, -0.1) is 0 Å². The molecule has 216 valence electrons. The van der Waals surface area contributed by atoms with Crippen molar-refractivity contribution in [3.05, 3.63) is 59.0 Å². The molecule has 1 heterocycles. The number of allylic oxidation sites excluding steroid dienone is 4. The standard InChI is InChI=1S/C34H53NO3Si/c1-23(2)16-15-21-34(12)22-27(38-39(24(3)4,25(5)6)26(7)8)19-20-30-31(34)28-17-13-14-18-29(28)35(30)32(36)37-33(9,10)11/h13-14,16-18,22,24-26H,15,19-21H2,1-12H3. The maximum absolute atomic E-state index is 13.7. The van der Waals surface area contributed by atoms with Crippen LogP contribution in [-0.4, -0.2) is 24.6 Å². The third-order valence-corrected chi connectivity index (χ3v) is 14.5. The van der Waals surface area contributed by atoms with Crippen molar-refractivity contribution in [3.63, 3.8) is 0 Å². The fraction of sp³-hybridized carbons (Fsp3) is 0.618. The van der Waals surface area contributed by atoms with Crippen LogP contribution in [0.15, 0.2) is 47.7 Å². The van der Waals surface area contributed by atoms with Crippen molar-refractivity contribution in [3.8, 4) is 0 Å². The number of carbonyl (C=O) groups is 1. The molecule has 0 N–H and O–H groups in total. The van der Waals surface area contributed by atoms with Crippen LogP contribution >= 0.6 is 0 Å². The predicted molar refractivity (Wildman–Crippen MR) is 168 cm³/mol. The summed E-state index contributed by atoms with van der Waals surface area (Å²) in [6, 6.07) is 8.32. The normalized spacial score (nSPS) is 18.3. The molecule has 0 amide bonds. The van der Waals surface area contributed by atoms with Gasteiger partial charge >= 0.3 is 6.09 Å². The summed E-state index contributed by atoms with van der Waals surface area (Å²) in [5.41, 5.74) is 5.20. The zero-order valence-electron chi connectivity index (χ0n) is 26.7. The van der Waals surface area contributed by atoms with Crippen molar-refractivity contribution in [2.45, 2.75) is 136 Å². The lowest BCUT2D eigenvalue weighted by Crippen LogP contribution is -2.47. The molecule has 0 radical (unpaired) electrons. The first kappa shape index (κ1) is 31.3. The zero-order chi connectivity index (χ0) is 29.3. The molecular formula is C34H53NO3Si. The van der Waals surface area contributed by atoms with Crippen LogP contribution in [0, 0.1) is 0 Å². The van der Waals surface area contributed by atoms with E-state index in [1.807, 2.05) is 31.4 Å². The lowest BCUT2D eigenvalue weighted by Gasteiger charge is -2.43. The highest BCUT2D eigenvalue weighted by atomic mass is 28.4. The average molecular weight is 552 g/mol. The summed E-state index contributed by atoms with van der Waals surface area (Å²) in [5, 5.41) is 1.13. The Bertz CT molecular complexity index is 1220. The van der Waals surface area contributed by atoms with Crippen molar-refractivity contribution in [1.82, 2.24) is 4.57 Å². The molecule has 1 aliphatic carbocycles. The van der Waals surface area contributed by atoms with E-state index in [1.165, 1.54) is 11.1 Å². The Morgan fingerprint density at radius 1 is 1.03 bits per heavy atom. The van der Waals surface area contributed by atoms with Crippen LogP contribution in [0.3, 0.4) is 0 Å². The van der Waals surface area contributed by atoms with Crippen LogP contribution in [0.4, 0.5) is 4.79 Å². The third-order valence-electron chi connectivity index (χ3n) is 8.44. The molecule has 0 spiro atoms. The van der Waals surface area contributed by atoms with Crippen molar-refractivity contribution in [2.75, 3.05) is 0 Å². The third kappa shape index (κ3) is 6.39. The maximum atomic E-state index is 13.7. The summed E-state index contributed by atoms with van der Waals surface area (Å²) in [6.45, 7) is 26.5. The fourth-order valence-corrected chi connectivity index (χ4v) is 12.3. The molecule has 1 aromatic carbocycles. The molecule has 0 fully saturated rings. The first-order valence-corrected chi connectivity index (χ1v) is 17.1. The molecule has 0 aliphatic heterocycles. The van der Waals surface area contributed by atoms with Gasteiger partial charge in [-0.3, -0.25) is 0 Å². The van der Waals surface area contributed by atoms with Gasteiger partial charge in [0.15, 0.2) is 0 Å². The summed E-state index contributed by atoms with van der Waals surface area (Å²) >= 11 is 0. The molecule has 0 saturated carbocycles. The Labute approximate surface area is 239 Å². The van der Waals surface area contributed by atoms with Gasteiger partial charge in [0.25, 0.3) is 8.32 Å². The molecule has 1 aromatic heterocycles. The second kappa shape index (κ2) is 11.7. The molecule has 1 unspecified atom stereocenters. The van der Waals surface area contributed by atoms with Crippen molar-refractivity contribution in [1.29, 1.82) is 0 Å². The number of para-hydroxylation sites is 1. The highest BCUT2D eigenvalue weighted by molar-refractivity contribution is 6.77. The summed E-state index contributed by atoms with van der Waals surface area (Å²) in [4.78, 5) is 13.7. The highest BCUT2D eigenvalue weighted by Crippen LogP contribution is 2.48. The quantitative estimate of drug-likeness (QED) is 0.242. The number of aromatic nitrogens is 1. The summed E-state index contributed by atoms with van der Waals surface area (Å²) < 4.78 is 15.1. The number of benzene rings is 1. The van der Waals surface area contributed by atoms with Gasteiger partial charge in [-0.2, -0.15) is 0 Å². The maximum Gasteiger partial charge on any atom is 0.419 e. The number of hydrogen-bond donors (Lipinski definition) is 0. The van der Waals surface area contributed by atoms with E-state index in [2.05, 4.69) is 92.7 Å². The van der Waals surface area contributed by atoms with Crippen molar-refractivity contribution < 1.29 is 14.0 Å². The number of nitrogens with zero attached hydrogens (tertiary/aromatic N) is 1. The Morgan fingerprint density at radius 3 is 2.15 bits per heavy atom.